The molecule has 0 bridgehead atoms. The van der Waals surface area contributed by atoms with Crippen LogP contribution in [-0.4, -0.2) is 10.8 Å². The van der Waals surface area contributed by atoms with Crippen LogP contribution >= 0.6 is 0 Å². The number of rotatable bonds is 3. The molecule has 0 aliphatic heterocycles. The van der Waals surface area contributed by atoms with Gasteiger partial charge in [0.15, 0.2) is 5.78 Å². The standard InChI is InChI=1S/C10H14N2O/c1-7(2)5-10(13)8-6-12-4-3-9(8)11/h3-4,6-7H,5H2,1-2H3,(H2,11,12). The molecule has 1 aromatic heterocycles. The normalized spacial score (nSPS) is 10.4. The van der Waals surface area contributed by atoms with Gasteiger partial charge in [0, 0.05) is 24.5 Å². The summed E-state index contributed by atoms with van der Waals surface area (Å²) in [5.41, 5.74) is 6.69. The molecular formula is C10H14N2O. The van der Waals surface area contributed by atoms with Gasteiger partial charge in [0.2, 0.25) is 0 Å². The highest BCUT2D eigenvalue weighted by Gasteiger charge is 2.10. The molecule has 0 aliphatic rings. The largest absolute Gasteiger partial charge is 0.398 e. The second kappa shape index (κ2) is 4.03. The molecule has 70 valence electrons. The maximum atomic E-state index is 11.6. The fraction of sp³-hybridized carbons (Fsp3) is 0.400. The summed E-state index contributed by atoms with van der Waals surface area (Å²) in [5.74, 6) is 0.424. The third-order valence-corrected chi connectivity index (χ3v) is 1.75. The zero-order chi connectivity index (χ0) is 9.84. The summed E-state index contributed by atoms with van der Waals surface area (Å²) < 4.78 is 0. The number of nitrogen functional groups attached to an aromatic ring is 1. The highest BCUT2D eigenvalue weighted by molar-refractivity contribution is 6.00. The van der Waals surface area contributed by atoms with Crippen LogP contribution in [-0.2, 0) is 0 Å². The average Bonchev–Trinajstić information content (AvgIpc) is 2.03. The lowest BCUT2D eigenvalue weighted by Crippen LogP contribution is -2.07. The Morgan fingerprint density at radius 2 is 2.31 bits per heavy atom. The number of aromatic nitrogens is 1. The summed E-state index contributed by atoms with van der Waals surface area (Å²) in [4.78, 5) is 15.4. The topological polar surface area (TPSA) is 56.0 Å². The van der Waals surface area contributed by atoms with E-state index >= 15 is 0 Å². The lowest BCUT2D eigenvalue weighted by molar-refractivity contribution is 0.0968. The van der Waals surface area contributed by atoms with E-state index in [1.807, 2.05) is 13.8 Å². The maximum absolute atomic E-state index is 11.6. The zero-order valence-electron chi connectivity index (χ0n) is 7.95. The summed E-state index contributed by atoms with van der Waals surface area (Å²) in [5, 5.41) is 0. The van der Waals surface area contributed by atoms with Gasteiger partial charge in [0.05, 0.1) is 5.56 Å². The van der Waals surface area contributed by atoms with Crippen LogP contribution in [0.1, 0.15) is 30.6 Å². The number of nitrogens with two attached hydrogens (primary N) is 1. The minimum atomic E-state index is 0.0700. The Labute approximate surface area is 78.0 Å². The van der Waals surface area contributed by atoms with Crippen molar-refractivity contribution in [3.05, 3.63) is 24.0 Å². The van der Waals surface area contributed by atoms with Gasteiger partial charge >= 0.3 is 0 Å². The molecular weight excluding hydrogens is 164 g/mol. The van der Waals surface area contributed by atoms with E-state index in [2.05, 4.69) is 4.98 Å². The van der Waals surface area contributed by atoms with Gasteiger partial charge in [-0.15, -0.1) is 0 Å². The highest BCUT2D eigenvalue weighted by Crippen LogP contribution is 2.14. The fourth-order valence-corrected chi connectivity index (χ4v) is 1.12. The van der Waals surface area contributed by atoms with Crippen molar-refractivity contribution in [2.45, 2.75) is 20.3 Å². The Hall–Kier alpha value is -1.38. The van der Waals surface area contributed by atoms with Crippen LogP contribution in [0.4, 0.5) is 5.69 Å². The molecule has 2 N–H and O–H groups in total. The summed E-state index contributed by atoms with van der Waals surface area (Å²) in [7, 11) is 0. The lowest BCUT2D eigenvalue weighted by atomic mass is 10.0. The van der Waals surface area contributed by atoms with Crippen molar-refractivity contribution in [2.24, 2.45) is 5.92 Å². The first kappa shape index (κ1) is 9.71. The van der Waals surface area contributed by atoms with Crippen LogP contribution in [0.5, 0.6) is 0 Å². The maximum Gasteiger partial charge on any atom is 0.166 e. The second-order valence-corrected chi connectivity index (χ2v) is 3.48. The fourth-order valence-electron chi connectivity index (χ4n) is 1.12. The predicted octanol–water partition coefficient (Wildman–Crippen LogP) is 1.89. The number of carbonyl (C=O) groups excluding carboxylic acids is 1. The molecule has 0 aromatic carbocycles. The SMILES string of the molecule is CC(C)CC(=O)c1cnccc1N. The molecule has 1 heterocycles. The molecule has 13 heavy (non-hydrogen) atoms. The molecule has 0 saturated heterocycles. The molecule has 0 aliphatic carbocycles. The van der Waals surface area contributed by atoms with Crippen LogP contribution in [0, 0.1) is 5.92 Å². The van der Waals surface area contributed by atoms with Crippen LogP contribution in [0.2, 0.25) is 0 Å². The Bertz CT molecular complexity index is 308. The van der Waals surface area contributed by atoms with E-state index in [-0.39, 0.29) is 5.78 Å². The van der Waals surface area contributed by atoms with Gasteiger partial charge in [-0.25, -0.2) is 0 Å². The van der Waals surface area contributed by atoms with Gasteiger partial charge in [-0.3, -0.25) is 9.78 Å². The smallest absolute Gasteiger partial charge is 0.166 e. The van der Waals surface area contributed by atoms with Gasteiger partial charge in [-0.2, -0.15) is 0 Å². The number of pyridine rings is 1. The number of hydrogen-bond acceptors (Lipinski definition) is 3. The first-order valence-corrected chi connectivity index (χ1v) is 4.34. The molecule has 1 aromatic rings. The van der Waals surface area contributed by atoms with Crippen molar-refractivity contribution < 1.29 is 4.79 Å². The molecule has 0 spiro atoms. The number of ketones is 1. The van der Waals surface area contributed by atoms with E-state index in [0.29, 0.717) is 23.6 Å². The van der Waals surface area contributed by atoms with Gasteiger partial charge in [0.25, 0.3) is 0 Å². The number of nitrogens with zero attached hydrogens (tertiary/aromatic N) is 1. The van der Waals surface area contributed by atoms with E-state index < -0.39 is 0 Å². The van der Waals surface area contributed by atoms with E-state index in [1.54, 1.807) is 12.3 Å². The minimum Gasteiger partial charge on any atom is -0.398 e. The summed E-state index contributed by atoms with van der Waals surface area (Å²) in [6, 6.07) is 1.65. The molecule has 3 nitrogen and oxygen atoms in total. The Morgan fingerprint density at radius 1 is 1.62 bits per heavy atom. The molecule has 0 saturated carbocycles. The van der Waals surface area contributed by atoms with Gasteiger partial charge in [-0.05, 0) is 12.0 Å². The zero-order valence-corrected chi connectivity index (χ0v) is 7.95. The van der Waals surface area contributed by atoms with Gasteiger partial charge < -0.3 is 5.73 Å². The van der Waals surface area contributed by atoms with Crippen molar-refractivity contribution >= 4 is 11.5 Å². The van der Waals surface area contributed by atoms with E-state index in [9.17, 15) is 4.79 Å². The second-order valence-electron chi connectivity index (χ2n) is 3.48. The Balaban J connectivity index is 2.83. The Kier molecular flexibility index (Phi) is 3.01. The Morgan fingerprint density at radius 3 is 2.85 bits per heavy atom. The number of hydrogen-bond donors (Lipinski definition) is 1. The molecule has 0 atom stereocenters. The third kappa shape index (κ3) is 2.54. The first-order chi connectivity index (χ1) is 6.11. The van der Waals surface area contributed by atoms with Gasteiger partial charge in [-0.1, -0.05) is 13.8 Å². The van der Waals surface area contributed by atoms with Crippen molar-refractivity contribution in [1.82, 2.24) is 4.98 Å². The summed E-state index contributed by atoms with van der Waals surface area (Å²) in [6.45, 7) is 4.01. The van der Waals surface area contributed by atoms with E-state index in [4.69, 9.17) is 5.73 Å². The summed E-state index contributed by atoms with van der Waals surface area (Å²) in [6.07, 6.45) is 3.64. The summed E-state index contributed by atoms with van der Waals surface area (Å²) >= 11 is 0. The van der Waals surface area contributed by atoms with Crippen molar-refractivity contribution in [1.29, 1.82) is 0 Å². The number of anilines is 1. The molecule has 0 fully saturated rings. The molecule has 1 rings (SSSR count). The van der Waals surface area contributed by atoms with Crippen LogP contribution in [0.25, 0.3) is 0 Å². The van der Waals surface area contributed by atoms with Crippen molar-refractivity contribution in [3.63, 3.8) is 0 Å². The van der Waals surface area contributed by atoms with Crippen molar-refractivity contribution in [3.8, 4) is 0 Å². The highest BCUT2D eigenvalue weighted by atomic mass is 16.1. The van der Waals surface area contributed by atoms with E-state index in [1.165, 1.54) is 6.20 Å². The average molecular weight is 178 g/mol. The number of Topliss-reactive ketones (excluding diaryl/α,β-unsaturated/α-hetero) is 1. The number of carbonyl (C=O) groups is 1. The minimum absolute atomic E-state index is 0.0700. The van der Waals surface area contributed by atoms with Crippen molar-refractivity contribution in [2.75, 3.05) is 5.73 Å². The first-order valence-electron chi connectivity index (χ1n) is 4.34. The van der Waals surface area contributed by atoms with Crippen LogP contribution in [0.3, 0.4) is 0 Å². The predicted molar refractivity (Wildman–Crippen MR) is 52.4 cm³/mol. The quantitative estimate of drug-likeness (QED) is 0.719. The molecule has 0 amide bonds. The molecule has 0 unspecified atom stereocenters. The molecule has 0 radical (unpaired) electrons. The van der Waals surface area contributed by atoms with E-state index in [0.717, 1.165) is 0 Å². The third-order valence-electron chi connectivity index (χ3n) is 1.75. The lowest BCUT2D eigenvalue weighted by Gasteiger charge is -2.05. The van der Waals surface area contributed by atoms with Crippen LogP contribution < -0.4 is 5.73 Å². The van der Waals surface area contributed by atoms with Crippen LogP contribution in [0.15, 0.2) is 18.5 Å². The van der Waals surface area contributed by atoms with Gasteiger partial charge in [0.1, 0.15) is 0 Å². The molecule has 3 heteroatoms. The monoisotopic (exact) mass is 178 g/mol.